The zero-order chi connectivity index (χ0) is 12.8. The number of nitrogens with one attached hydrogen (secondary N) is 2. The maximum atomic E-state index is 13.3. The normalized spacial score (nSPS) is 10.4. The third kappa shape index (κ3) is 3.93. The van der Waals surface area contributed by atoms with Crippen LogP contribution in [-0.4, -0.2) is 11.2 Å². The van der Waals surface area contributed by atoms with Gasteiger partial charge in [0.25, 0.3) is 0 Å². The van der Waals surface area contributed by atoms with E-state index in [0.717, 1.165) is 12.8 Å². The predicted octanol–water partition coefficient (Wildman–Crippen LogP) is 3.44. The van der Waals surface area contributed by atoms with Gasteiger partial charge in [0.2, 0.25) is 0 Å². The summed E-state index contributed by atoms with van der Waals surface area (Å²) in [6, 6.07) is 3.90. The van der Waals surface area contributed by atoms with Gasteiger partial charge in [-0.1, -0.05) is 19.9 Å². The van der Waals surface area contributed by atoms with Crippen molar-refractivity contribution in [3.8, 4) is 0 Å². The molecular formula is C12H16F2N2S. The van der Waals surface area contributed by atoms with Gasteiger partial charge in [-0.15, -0.1) is 0 Å². The second-order valence-corrected chi connectivity index (χ2v) is 4.12. The first kappa shape index (κ1) is 13.8. The van der Waals surface area contributed by atoms with Gasteiger partial charge in [-0.2, -0.15) is 0 Å². The summed E-state index contributed by atoms with van der Waals surface area (Å²) >= 11 is 5.01. The van der Waals surface area contributed by atoms with Gasteiger partial charge in [-0.05, 0) is 37.2 Å². The zero-order valence-corrected chi connectivity index (χ0v) is 10.7. The second-order valence-electron chi connectivity index (χ2n) is 3.71. The molecule has 2 nitrogen and oxygen atoms in total. The summed E-state index contributed by atoms with van der Waals surface area (Å²) in [6.45, 7) is 4.04. The molecule has 2 N–H and O–H groups in total. The van der Waals surface area contributed by atoms with Crippen LogP contribution in [0.4, 0.5) is 14.5 Å². The SMILES string of the molecule is CCC(CC)NC(=S)Nc1c(F)cccc1F. The molecule has 0 saturated carbocycles. The van der Waals surface area contributed by atoms with Crippen molar-refractivity contribution in [2.45, 2.75) is 32.7 Å². The number of hydrogen-bond acceptors (Lipinski definition) is 1. The molecule has 0 spiro atoms. The highest BCUT2D eigenvalue weighted by Gasteiger charge is 2.11. The van der Waals surface area contributed by atoms with Gasteiger partial charge in [-0.25, -0.2) is 8.78 Å². The molecule has 5 heteroatoms. The van der Waals surface area contributed by atoms with Gasteiger partial charge >= 0.3 is 0 Å². The maximum Gasteiger partial charge on any atom is 0.171 e. The molecule has 0 unspecified atom stereocenters. The summed E-state index contributed by atoms with van der Waals surface area (Å²) in [4.78, 5) is 0. The molecule has 0 radical (unpaired) electrons. The van der Waals surface area contributed by atoms with Gasteiger partial charge in [0.05, 0.1) is 0 Å². The van der Waals surface area contributed by atoms with Gasteiger partial charge < -0.3 is 10.6 Å². The topological polar surface area (TPSA) is 24.1 Å². The van der Waals surface area contributed by atoms with Crippen LogP contribution in [0.2, 0.25) is 0 Å². The molecule has 0 amide bonds. The van der Waals surface area contributed by atoms with Crippen LogP contribution in [0.25, 0.3) is 0 Å². The van der Waals surface area contributed by atoms with Crippen molar-refractivity contribution in [3.63, 3.8) is 0 Å². The molecule has 0 fully saturated rings. The lowest BCUT2D eigenvalue weighted by Crippen LogP contribution is -2.37. The van der Waals surface area contributed by atoms with E-state index < -0.39 is 11.6 Å². The Morgan fingerprint density at radius 3 is 2.24 bits per heavy atom. The first-order valence-corrected chi connectivity index (χ1v) is 6.00. The van der Waals surface area contributed by atoms with E-state index in [-0.39, 0.29) is 16.8 Å². The van der Waals surface area contributed by atoms with E-state index in [1.54, 1.807) is 0 Å². The lowest BCUT2D eigenvalue weighted by atomic mass is 10.2. The Balaban J connectivity index is 2.68. The van der Waals surface area contributed by atoms with Crippen molar-refractivity contribution in [1.29, 1.82) is 0 Å². The number of hydrogen-bond donors (Lipinski definition) is 2. The van der Waals surface area contributed by atoms with E-state index in [0.29, 0.717) is 0 Å². The molecule has 0 heterocycles. The molecule has 0 aliphatic carbocycles. The molecule has 0 atom stereocenters. The van der Waals surface area contributed by atoms with E-state index in [1.807, 2.05) is 13.8 Å². The minimum atomic E-state index is -0.654. The largest absolute Gasteiger partial charge is 0.360 e. The number of anilines is 1. The Bertz CT molecular complexity index is 372. The first-order chi connectivity index (χ1) is 8.08. The Kier molecular flexibility index (Phi) is 5.28. The molecule has 94 valence electrons. The molecule has 0 aromatic heterocycles. The monoisotopic (exact) mass is 258 g/mol. The summed E-state index contributed by atoms with van der Waals surface area (Å²) in [6.07, 6.45) is 1.80. The minimum Gasteiger partial charge on any atom is -0.360 e. The molecule has 1 aromatic rings. The van der Waals surface area contributed by atoms with Crippen LogP contribution in [0.3, 0.4) is 0 Å². The highest BCUT2D eigenvalue weighted by molar-refractivity contribution is 7.80. The van der Waals surface area contributed by atoms with Gasteiger partial charge in [0.1, 0.15) is 17.3 Å². The zero-order valence-electron chi connectivity index (χ0n) is 9.89. The molecular weight excluding hydrogens is 242 g/mol. The lowest BCUT2D eigenvalue weighted by Gasteiger charge is -2.18. The van der Waals surface area contributed by atoms with E-state index in [1.165, 1.54) is 18.2 Å². The fourth-order valence-electron chi connectivity index (χ4n) is 1.45. The Labute approximate surface area is 105 Å². The number of thiocarbonyl (C=S) groups is 1. The first-order valence-electron chi connectivity index (χ1n) is 5.60. The van der Waals surface area contributed by atoms with Crippen molar-refractivity contribution in [2.75, 3.05) is 5.32 Å². The van der Waals surface area contributed by atoms with E-state index in [4.69, 9.17) is 12.2 Å². The van der Waals surface area contributed by atoms with Gasteiger partial charge in [0, 0.05) is 6.04 Å². The van der Waals surface area contributed by atoms with Crippen LogP contribution < -0.4 is 10.6 Å². The Hall–Kier alpha value is -1.23. The van der Waals surface area contributed by atoms with Crippen LogP contribution in [0.1, 0.15) is 26.7 Å². The predicted molar refractivity (Wildman–Crippen MR) is 70.1 cm³/mol. The number of benzene rings is 1. The van der Waals surface area contributed by atoms with Gasteiger partial charge in [-0.3, -0.25) is 0 Å². The average molecular weight is 258 g/mol. The van der Waals surface area contributed by atoms with Crippen molar-refractivity contribution in [1.82, 2.24) is 5.32 Å². The molecule has 1 rings (SSSR count). The van der Waals surface area contributed by atoms with Crippen LogP contribution >= 0.6 is 12.2 Å². The highest BCUT2D eigenvalue weighted by Crippen LogP contribution is 2.17. The lowest BCUT2D eigenvalue weighted by molar-refractivity contribution is 0.570. The third-order valence-electron chi connectivity index (χ3n) is 2.52. The Morgan fingerprint density at radius 2 is 1.76 bits per heavy atom. The van der Waals surface area contributed by atoms with Crippen LogP contribution in [0, 0.1) is 11.6 Å². The number of para-hydroxylation sites is 1. The summed E-state index contributed by atoms with van der Waals surface area (Å²) in [7, 11) is 0. The van der Waals surface area contributed by atoms with Gasteiger partial charge in [0.15, 0.2) is 5.11 Å². The standard InChI is InChI=1S/C12H16F2N2S/c1-3-8(4-2)15-12(17)16-11-9(13)6-5-7-10(11)14/h5-8H,3-4H2,1-2H3,(H2,15,16,17). The molecule has 0 saturated heterocycles. The molecule has 0 aliphatic heterocycles. The quantitative estimate of drug-likeness (QED) is 0.809. The third-order valence-corrected chi connectivity index (χ3v) is 2.74. The highest BCUT2D eigenvalue weighted by atomic mass is 32.1. The summed E-state index contributed by atoms with van der Waals surface area (Å²) in [5.74, 6) is -1.31. The van der Waals surface area contributed by atoms with E-state index in [2.05, 4.69) is 10.6 Å². The summed E-state index contributed by atoms with van der Waals surface area (Å²) < 4.78 is 26.6. The van der Waals surface area contributed by atoms with Crippen molar-refractivity contribution in [3.05, 3.63) is 29.8 Å². The van der Waals surface area contributed by atoms with E-state index in [9.17, 15) is 8.78 Å². The number of halogens is 2. The van der Waals surface area contributed by atoms with Crippen LogP contribution in [-0.2, 0) is 0 Å². The summed E-state index contributed by atoms with van der Waals surface area (Å²) in [5, 5.41) is 5.79. The molecule has 1 aromatic carbocycles. The molecule has 17 heavy (non-hydrogen) atoms. The molecule has 0 bridgehead atoms. The van der Waals surface area contributed by atoms with Crippen LogP contribution in [0.5, 0.6) is 0 Å². The van der Waals surface area contributed by atoms with E-state index >= 15 is 0 Å². The maximum absolute atomic E-state index is 13.3. The van der Waals surface area contributed by atoms with Crippen molar-refractivity contribution < 1.29 is 8.78 Å². The van der Waals surface area contributed by atoms with Crippen molar-refractivity contribution in [2.24, 2.45) is 0 Å². The Morgan fingerprint density at radius 1 is 1.24 bits per heavy atom. The molecule has 0 aliphatic rings. The van der Waals surface area contributed by atoms with Crippen LogP contribution in [0.15, 0.2) is 18.2 Å². The summed E-state index contributed by atoms with van der Waals surface area (Å²) in [5.41, 5.74) is -0.212. The smallest absolute Gasteiger partial charge is 0.171 e. The average Bonchev–Trinajstić information content (AvgIpc) is 2.31. The van der Waals surface area contributed by atoms with Crippen molar-refractivity contribution >= 4 is 23.0 Å². The number of rotatable bonds is 4. The fourth-order valence-corrected chi connectivity index (χ4v) is 1.71. The fraction of sp³-hybridized carbons (Fsp3) is 0.417. The second kappa shape index (κ2) is 6.49. The minimum absolute atomic E-state index is 0.212.